The summed E-state index contributed by atoms with van der Waals surface area (Å²) < 4.78 is 0. The van der Waals surface area contributed by atoms with E-state index in [0.717, 1.165) is 37.2 Å². The van der Waals surface area contributed by atoms with E-state index < -0.39 is 5.72 Å². The van der Waals surface area contributed by atoms with Crippen molar-refractivity contribution in [2.24, 2.45) is 10.9 Å². The third-order valence-corrected chi connectivity index (χ3v) is 6.12. The lowest BCUT2D eigenvalue weighted by molar-refractivity contribution is -0.0703. The van der Waals surface area contributed by atoms with Crippen molar-refractivity contribution in [3.8, 4) is 0 Å². The minimum absolute atomic E-state index is 0.289. The van der Waals surface area contributed by atoms with Gasteiger partial charge in [-0.1, -0.05) is 81.7 Å². The summed E-state index contributed by atoms with van der Waals surface area (Å²) in [6.45, 7) is 0.887. The highest BCUT2D eigenvalue weighted by atomic mass is 16.3. The van der Waals surface area contributed by atoms with E-state index in [-0.39, 0.29) is 5.92 Å². The molecule has 0 aromatic heterocycles. The SMILES string of the molecule is OC(NC1=NCCCCCCCCCCC1)(c1ccccc1)C1CCC1. The van der Waals surface area contributed by atoms with Crippen LogP contribution in [0.1, 0.15) is 89.0 Å². The number of nitrogens with one attached hydrogen (secondary N) is 1. The zero-order valence-electron chi connectivity index (χ0n) is 16.3. The van der Waals surface area contributed by atoms with Gasteiger partial charge in [-0.2, -0.15) is 0 Å². The second kappa shape index (κ2) is 10.1. The summed E-state index contributed by atoms with van der Waals surface area (Å²) in [6, 6.07) is 10.2. The molecule has 0 bridgehead atoms. The fourth-order valence-corrected chi connectivity index (χ4v) is 4.18. The lowest BCUT2D eigenvalue weighted by atomic mass is 9.74. The van der Waals surface area contributed by atoms with Crippen molar-refractivity contribution in [3.05, 3.63) is 35.9 Å². The van der Waals surface area contributed by atoms with Gasteiger partial charge in [-0.3, -0.25) is 4.99 Å². The summed E-state index contributed by atoms with van der Waals surface area (Å²) in [6.07, 6.45) is 16.1. The number of aliphatic imine (C=N–C) groups is 1. The number of aliphatic hydroxyl groups is 1. The summed E-state index contributed by atoms with van der Waals surface area (Å²) in [7, 11) is 0. The van der Waals surface area contributed by atoms with Crippen LogP contribution in [0.2, 0.25) is 0 Å². The Morgan fingerprint density at radius 2 is 1.42 bits per heavy atom. The summed E-state index contributed by atoms with van der Waals surface area (Å²) in [4.78, 5) is 4.88. The maximum Gasteiger partial charge on any atom is 0.165 e. The first-order valence-corrected chi connectivity index (χ1v) is 10.9. The Morgan fingerprint density at radius 3 is 2.04 bits per heavy atom. The molecule has 1 aromatic rings. The lowest BCUT2D eigenvalue weighted by Gasteiger charge is -2.43. The Labute approximate surface area is 159 Å². The molecular formula is C23H36N2O. The molecule has 1 heterocycles. The van der Waals surface area contributed by atoms with Gasteiger partial charge >= 0.3 is 0 Å². The van der Waals surface area contributed by atoms with Gasteiger partial charge in [0.2, 0.25) is 0 Å². The molecule has 1 atom stereocenters. The smallest absolute Gasteiger partial charge is 0.165 e. The molecule has 1 aromatic carbocycles. The van der Waals surface area contributed by atoms with Crippen molar-refractivity contribution >= 4 is 5.84 Å². The monoisotopic (exact) mass is 356 g/mol. The van der Waals surface area contributed by atoms with E-state index in [2.05, 4.69) is 5.32 Å². The Hall–Kier alpha value is -1.35. The van der Waals surface area contributed by atoms with Gasteiger partial charge in [0, 0.05) is 24.4 Å². The molecule has 1 fully saturated rings. The molecule has 3 heteroatoms. The molecule has 1 unspecified atom stereocenters. The topological polar surface area (TPSA) is 44.6 Å². The average Bonchev–Trinajstić information content (AvgIpc) is 2.63. The zero-order valence-corrected chi connectivity index (χ0v) is 16.3. The first-order valence-electron chi connectivity index (χ1n) is 10.9. The highest BCUT2D eigenvalue weighted by molar-refractivity contribution is 5.83. The zero-order chi connectivity index (χ0) is 18.1. The molecule has 26 heavy (non-hydrogen) atoms. The van der Waals surface area contributed by atoms with Crippen LogP contribution < -0.4 is 5.32 Å². The van der Waals surface area contributed by atoms with Crippen molar-refractivity contribution in [1.82, 2.24) is 5.32 Å². The van der Waals surface area contributed by atoms with E-state index >= 15 is 0 Å². The van der Waals surface area contributed by atoms with Crippen LogP contribution in [0.3, 0.4) is 0 Å². The van der Waals surface area contributed by atoms with Crippen molar-refractivity contribution in [3.63, 3.8) is 0 Å². The molecule has 1 saturated carbocycles. The third kappa shape index (κ3) is 5.33. The number of benzene rings is 1. The Kier molecular flexibility index (Phi) is 7.55. The maximum atomic E-state index is 11.6. The Balaban J connectivity index is 1.71. The minimum Gasteiger partial charge on any atom is -0.367 e. The number of hydrogen-bond donors (Lipinski definition) is 2. The molecule has 1 aliphatic heterocycles. The number of nitrogens with zero attached hydrogens (tertiary/aromatic N) is 1. The standard InChI is InChI=1S/C23H36N2O/c26-23(21-16-13-17-21,20-14-9-8-10-15-20)25-22-18-11-6-4-2-1-3-5-7-12-19-24-22/h8-10,14-15,21,26H,1-7,11-13,16-19H2,(H,24,25). The fraction of sp³-hybridized carbons (Fsp3) is 0.696. The first-order chi connectivity index (χ1) is 12.8. The van der Waals surface area contributed by atoms with Crippen molar-refractivity contribution in [2.45, 2.75) is 89.2 Å². The number of rotatable bonds is 3. The molecular weight excluding hydrogens is 320 g/mol. The quantitative estimate of drug-likeness (QED) is 0.699. The second-order valence-electron chi connectivity index (χ2n) is 8.15. The van der Waals surface area contributed by atoms with Gasteiger partial charge < -0.3 is 10.4 Å². The van der Waals surface area contributed by atoms with Crippen LogP contribution in [0.5, 0.6) is 0 Å². The van der Waals surface area contributed by atoms with Gasteiger partial charge in [0.25, 0.3) is 0 Å². The highest BCUT2D eigenvalue weighted by Gasteiger charge is 2.42. The largest absolute Gasteiger partial charge is 0.367 e. The minimum atomic E-state index is -0.966. The van der Waals surface area contributed by atoms with Gasteiger partial charge in [-0.15, -0.1) is 0 Å². The second-order valence-corrected chi connectivity index (χ2v) is 8.15. The predicted octanol–water partition coefficient (Wildman–Crippen LogP) is 5.53. The molecule has 0 radical (unpaired) electrons. The van der Waals surface area contributed by atoms with E-state index in [1.807, 2.05) is 30.3 Å². The lowest BCUT2D eigenvalue weighted by Crippen LogP contribution is -2.53. The molecule has 0 saturated heterocycles. The fourth-order valence-electron chi connectivity index (χ4n) is 4.18. The van der Waals surface area contributed by atoms with Crippen LogP contribution in [0.25, 0.3) is 0 Å². The molecule has 144 valence electrons. The molecule has 0 spiro atoms. The third-order valence-electron chi connectivity index (χ3n) is 6.12. The van der Waals surface area contributed by atoms with E-state index in [1.165, 1.54) is 64.2 Å². The number of amidine groups is 1. The molecule has 3 nitrogen and oxygen atoms in total. The normalized spacial score (nSPS) is 23.3. The van der Waals surface area contributed by atoms with Gasteiger partial charge in [-0.05, 0) is 25.7 Å². The van der Waals surface area contributed by atoms with Gasteiger partial charge in [-0.25, -0.2) is 0 Å². The Bertz CT molecular complexity index is 553. The van der Waals surface area contributed by atoms with Gasteiger partial charge in [0.1, 0.15) is 0 Å². The molecule has 2 aliphatic rings. The van der Waals surface area contributed by atoms with Crippen LogP contribution >= 0.6 is 0 Å². The van der Waals surface area contributed by atoms with Crippen LogP contribution in [0, 0.1) is 5.92 Å². The van der Waals surface area contributed by atoms with Crippen molar-refractivity contribution < 1.29 is 5.11 Å². The maximum absolute atomic E-state index is 11.6. The van der Waals surface area contributed by atoms with E-state index in [4.69, 9.17) is 4.99 Å². The van der Waals surface area contributed by atoms with Gasteiger partial charge in [0.05, 0.1) is 5.84 Å². The van der Waals surface area contributed by atoms with E-state index in [0.29, 0.717) is 0 Å². The van der Waals surface area contributed by atoms with E-state index in [9.17, 15) is 5.11 Å². The highest BCUT2D eigenvalue weighted by Crippen LogP contribution is 2.40. The van der Waals surface area contributed by atoms with Crippen LogP contribution in [-0.4, -0.2) is 17.5 Å². The summed E-state index contributed by atoms with van der Waals surface area (Å²) in [5, 5.41) is 15.1. The summed E-state index contributed by atoms with van der Waals surface area (Å²) in [5.74, 6) is 1.31. The molecule has 1 aliphatic carbocycles. The van der Waals surface area contributed by atoms with Crippen LogP contribution in [-0.2, 0) is 5.72 Å². The summed E-state index contributed by atoms with van der Waals surface area (Å²) >= 11 is 0. The first kappa shape index (κ1) is 19.4. The van der Waals surface area contributed by atoms with Crippen LogP contribution in [0.4, 0.5) is 0 Å². The predicted molar refractivity (Wildman–Crippen MR) is 109 cm³/mol. The molecule has 3 rings (SSSR count). The average molecular weight is 357 g/mol. The number of hydrogen-bond acceptors (Lipinski definition) is 3. The summed E-state index contributed by atoms with van der Waals surface area (Å²) in [5.41, 5.74) is 0.0158. The van der Waals surface area contributed by atoms with Crippen molar-refractivity contribution in [2.75, 3.05) is 6.54 Å². The molecule has 2 N–H and O–H groups in total. The van der Waals surface area contributed by atoms with Gasteiger partial charge in [0.15, 0.2) is 5.72 Å². The van der Waals surface area contributed by atoms with E-state index in [1.54, 1.807) is 0 Å². The van der Waals surface area contributed by atoms with Crippen molar-refractivity contribution in [1.29, 1.82) is 0 Å². The van der Waals surface area contributed by atoms with Crippen LogP contribution in [0.15, 0.2) is 35.3 Å². The molecule has 0 amide bonds. The Morgan fingerprint density at radius 1 is 0.808 bits per heavy atom.